The van der Waals surface area contributed by atoms with Gasteiger partial charge in [0.2, 0.25) is 5.91 Å². The van der Waals surface area contributed by atoms with E-state index in [1.807, 2.05) is 25.7 Å². The minimum absolute atomic E-state index is 0.0111. The molecule has 0 saturated carbocycles. The Balaban J connectivity index is 0.000000745. The highest BCUT2D eigenvalue weighted by atomic mass is 32.2. The van der Waals surface area contributed by atoms with Crippen LogP contribution in [-0.2, 0) is 19.6 Å². The molecule has 1 fully saturated rings. The Hall–Kier alpha value is -3.85. The number of benzene rings is 2. The predicted molar refractivity (Wildman–Crippen MR) is 146 cm³/mol. The number of carboxylic acid groups (broad SMARTS) is 2. The Kier molecular flexibility index (Phi) is 10.7. The van der Waals surface area contributed by atoms with Crippen molar-refractivity contribution in [3.05, 3.63) is 53.6 Å². The zero-order chi connectivity index (χ0) is 31.2. The molecule has 0 unspecified atom stereocenters. The van der Waals surface area contributed by atoms with Crippen LogP contribution in [0.2, 0.25) is 0 Å². The first-order valence-corrected chi connectivity index (χ1v) is 13.8. The number of aromatic carboxylic acids is 1. The lowest BCUT2D eigenvalue weighted by molar-refractivity contribution is -0.192. The van der Waals surface area contributed by atoms with Gasteiger partial charge in [-0.15, -0.1) is 0 Å². The van der Waals surface area contributed by atoms with Crippen LogP contribution in [0.3, 0.4) is 0 Å². The molecule has 0 aliphatic carbocycles. The third kappa shape index (κ3) is 10.2. The molecule has 3 rings (SSSR count). The van der Waals surface area contributed by atoms with Crippen molar-refractivity contribution in [3.63, 3.8) is 0 Å². The van der Waals surface area contributed by atoms with Gasteiger partial charge in [-0.05, 0) is 57.5 Å². The van der Waals surface area contributed by atoms with Crippen LogP contribution in [0, 0.1) is 6.92 Å². The van der Waals surface area contributed by atoms with Gasteiger partial charge in [0, 0.05) is 37.4 Å². The number of amides is 1. The Bertz CT molecular complexity index is 1370. The topological polar surface area (TPSA) is 156 Å². The van der Waals surface area contributed by atoms with Gasteiger partial charge < -0.3 is 20.4 Å². The molecule has 1 aliphatic rings. The number of carboxylic acids is 2. The number of aryl methyl sites for hydroxylation is 1. The van der Waals surface area contributed by atoms with Gasteiger partial charge in [-0.2, -0.15) is 13.2 Å². The minimum atomic E-state index is -5.08. The Labute approximate surface area is 236 Å². The molecule has 15 heteroatoms. The molecule has 41 heavy (non-hydrogen) atoms. The van der Waals surface area contributed by atoms with Crippen molar-refractivity contribution in [2.45, 2.75) is 44.3 Å². The number of anilines is 2. The van der Waals surface area contributed by atoms with E-state index in [9.17, 15) is 36.3 Å². The SMILES string of the molecule is Cc1ccccc1S(=O)(=O)Nc1ccc(N2CCN(CC(=O)NC(C)(C)C)CC2)cc1C(=O)O.O=C(O)C(F)(F)F. The summed E-state index contributed by atoms with van der Waals surface area (Å²) in [6.45, 7) is 10.4. The van der Waals surface area contributed by atoms with Crippen molar-refractivity contribution in [1.82, 2.24) is 10.2 Å². The summed E-state index contributed by atoms with van der Waals surface area (Å²) in [6, 6.07) is 11.2. The summed E-state index contributed by atoms with van der Waals surface area (Å²) in [6.07, 6.45) is -5.08. The summed E-state index contributed by atoms with van der Waals surface area (Å²) in [4.78, 5) is 37.2. The molecule has 2 aromatic rings. The van der Waals surface area contributed by atoms with Gasteiger partial charge in [0.15, 0.2) is 0 Å². The number of carbonyl (C=O) groups excluding carboxylic acids is 1. The number of hydrogen-bond donors (Lipinski definition) is 4. The molecule has 2 aromatic carbocycles. The number of sulfonamides is 1. The first kappa shape index (κ1) is 33.4. The number of alkyl halides is 3. The number of hydrogen-bond acceptors (Lipinski definition) is 7. The van der Waals surface area contributed by atoms with E-state index in [1.54, 1.807) is 31.2 Å². The van der Waals surface area contributed by atoms with Crippen molar-refractivity contribution in [1.29, 1.82) is 0 Å². The van der Waals surface area contributed by atoms with Gasteiger partial charge in [-0.3, -0.25) is 14.4 Å². The minimum Gasteiger partial charge on any atom is -0.478 e. The summed E-state index contributed by atoms with van der Waals surface area (Å²) in [5.74, 6) is -4.01. The first-order valence-electron chi connectivity index (χ1n) is 12.3. The fourth-order valence-electron chi connectivity index (χ4n) is 3.88. The van der Waals surface area contributed by atoms with E-state index in [4.69, 9.17) is 9.90 Å². The average Bonchev–Trinajstić information content (AvgIpc) is 2.83. The smallest absolute Gasteiger partial charge is 0.478 e. The molecule has 11 nitrogen and oxygen atoms in total. The van der Waals surface area contributed by atoms with Crippen molar-refractivity contribution in [2.75, 3.05) is 42.3 Å². The quantitative estimate of drug-likeness (QED) is 0.374. The number of aliphatic carboxylic acids is 1. The number of nitrogens with one attached hydrogen (secondary N) is 2. The second-order valence-electron chi connectivity index (χ2n) is 10.3. The molecule has 1 amide bonds. The Morgan fingerprint density at radius 3 is 2.00 bits per heavy atom. The van der Waals surface area contributed by atoms with Crippen LogP contribution in [-0.4, -0.2) is 85.8 Å². The van der Waals surface area contributed by atoms with Gasteiger partial charge in [-0.1, -0.05) is 18.2 Å². The van der Waals surface area contributed by atoms with Crippen molar-refractivity contribution in [2.24, 2.45) is 0 Å². The molecule has 0 radical (unpaired) electrons. The maximum absolute atomic E-state index is 12.8. The molecule has 1 aliphatic heterocycles. The number of carbonyl (C=O) groups is 3. The lowest BCUT2D eigenvalue weighted by Gasteiger charge is -2.36. The summed E-state index contributed by atoms with van der Waals surface area (Å²) in [5.41, 5.74) is 0.862. The van der Waals surface area contributed by atoms with Crippen LogP contribution in [0.25, 0.3) is 0 Å². The summed E-state index contributed by atoms with van der Waals surface area (Å²) < 4.78 is 59.8. The van der Waals surface area contributed by atoms with Gasteiger partial charge in [0.1, 0.15) is 0 Å². The lowest BCUT2D eigenvalue weighted by atomic mass is 10.1. The Morgan fingerprint density at radius 1 is 0.951 bits per heavy atom. The van der Waals surface area contributed by atoms with Crippen LogP contribution in [0.4, 0.5) is 24.5 Å². The highest BCUT2D eigenvalue weighted by molar-refractivity contribution is 7.92. The largest absolute Gasteiger partial charge is 0.490 e. The lowest BCUT2D eigenvalue weighted by Crippen LogP contribution is -2.51. The van der Waals surface area contributed by atoms with Crippen molar-refractivity contribution in [3.8, 4) is 0 Å². The highest BCUT2D eigenvalue weighted by Crippen LogP contribution is 2.27. The van der Waals surface area contributed by atoms with Crippen LogP contribution < -0.4 is 14.9 Å². The monoisotopic (exact) mass is 602 g/mol. The van der Waals surface area contributed by atoms with Gasteiger partial charge in [0.25, 0.3) is 10.0 Å². The van der Waals surface area contributed by atoms with E-state index >= 15 is 0 Å². The maximum atomic E-state index is 12.8. The van der Waals surface area contributed by atoms with Gasteiger partial charge in [0.05, 0.1) is 22.7 Å². The normalized spacial score (nSPS) is 14.5. The maximum Gasteiger partial charge on any atom is 0.490 e. The zero-order valence-electron chi connectivity index (χ0n) is 22.9. The number of nitrogens with zero attached hydrogens (tertiary/aromatic N) is 2. The molecule has 226 valence electrons. The fraction of sp³-hybridized carbons (Fsp3) is 0.423. The van der Waals surface area contributed by atoms with Gasteiger partial charge in [-0.25, -0.2) is 18.0 Å². The van der Waals surface area contributed by atoms with Crippen LogP contribution in [0.5, 0.6) is 0 Å². The second-order valence-corrected chi connectivity index (χ2v) is 11.9. The second kappa shape index (κ2) is 13.2. The van der Waals surface area contributed by atoms with Crippen molar-refractivity contribution >= 4 is 39.2 Å². The summed E-state index contributed by atoms with van der Waals surface area (Å²) in [5, 5.41) is 19.8. The van der Waals surface area contributed by atoms with E-state index < -0.39 is 28.1 Å². The standard InChI is InChI=1S/C24H32N4O5S.C2HF3O2/c1-17-7-5-6-8-21(17)34(32,33)26-20-10-9-18(15-19(20)23(30)31)28-13-11-27(12-14-28)16-22(29)25-24(2,3)4;3-2(4,5)1(6)7/h5-10,15,26H,11-14,16H2,1-4H3,(H,25,29)(H,30,31);(H,6,7). The molecule has 0 atom stereocenters. The Morgan fingerprint density at radius 2 is 1.51 bits per heavy atom. The van der Waals surface area contributed by atoms with Crippen LogP contribution in [0.15, 0.2) is 47.4 Å². The third-order valence-corrected chi connectivity index (χ3v) is 7.25. The first-order chi connectivity index (χ1) is 18.8. The van der Waals surface area contributed by atoms with E-state index in [-0.39, 0.29) is 27.6 Å². The molecular weight excluding hydrogens is 569 g/mol. The third-order valence-electron chi connectivity index (χ3n) is 5.72. The van der Waals surface area contributed by atoms with E-state index in [0.717, 1.165) is 0 Å². The predicted octanol–water partition coefficient (Wildman–Crippen LogP) is 3.16. The molecule has 1 saturated heterocycles. The molecule has 4 N–H and O–H groups in total. The average molecular weight is 603 g/mol. The number of rotatable bonds is 7. The summed E-state index contributed by atoms with van der Waals surface area (Å²) >= 11 is 0. The zero-order valence-corrected chi connectivity index (χ0v) is 23.8. The van der Waals surface area contributed by atoms with E-state index in [0.29, 0.717) is 44.0 Å². The molecule has 1 heterocycles. The molecular formula is C26H33F3N4O7S. The molecule has 0 bridgehead atoms. The van der Waals surface area contributed by atoms with Gasteiger partial charge >= 0.3 is 18.1 Å². The fourth-order valence-corrected chi connectivity index (χ4v) is 5.20. The number of halogens is 3. The van der Waals surface area contributed by atoms with E-state index in [1.165, 1.54) is 18.2 Å². The van der Waals surface area contributed by atoms with Crippen LogP contribution >= 0.6 is 0 Å². The van der Waals surface area contributed by atoms with Crippen molar-refractivity contribution < 1.29 is 46.2 Å². The van der Waals surface area contributed by atoms with Crippen LogP contribution in [0.1, 0.15) is 36.7 Å². The highest BCUT2D eigenvalue weighted by Gasteiger charge is 2.38. The van der Waals surface area contributed by atoms with E-state index in [2.05, 4.69) is 14.9 Å². The summed E-state index contributed by atoms with van der Waals surface area (Å²) in [7, 11) is -3.94. The number of piperazine rings is 1. The molecule has 0 spiro atoms. The molecule has 0 aromatic heterocycles.